The standard InChI is InChI=1S/C23H29NO3/c1-22-9-7-16(25)12-15(22)3-4-17-19-6-5-18(14(13-24)11-21(26)27)23(19,2)10-8-20(17)22/h12,17,19-20H,3-11H2,1-2H3,(H,26,27)/t17-,19-,20-,22-,23+/m0/s1. The summed E-state index contributed by atoms with van der Waals surface area (Å²) in [5.74, 6) is 1.17. The summed E-state index contributed by atoms with van der Waals surface area (Å²) in [5.41, 5.74) is 3.13. The van der Waals surface area contributed by atoms with Gasteiger partial charge in [0.25, 0.3) is 0 Å². The zero-order valence-corrected chi connectivity index (χ0v) is 16.4. The van der Waals surface area contributed by atoms with E-state index in [2.05, 4.69) is 19.9 Å². The molecule has 4 aliphatic rings. The van der Waals surface area contributed by atoms with Gasteiger partial charge in [0.1, 0.15) is 0 Å². The highest BCUT2D eigenvalue weighted by atomic mass is 16.4. The molecule has 4 heteroatoms. The van der Waals surface area contributed by atoms with Crippen molar-refractivity contribution in [2.45, 2.75) is 71.6 Å². The Kier molecular flexibility index (Phi) is 4.33. The first kappa shape index (κ1) is 18.5. The average Bonchev–Trinajstić information content (AvgIpc) is 2.97. The number of nitriles is 1. The molecule has 0 bridgehead atoms. The van der Waals surface area contributed by atoms with Crippen molar-refractivity contribution in [1.82, 2.24) is 0 Å². The second-order valence-corrected chi connectivity index (χ2v) is 9.60. The molecular formula is C23H29NO3. The summed E-state index contributed by atoms with van der Waals surface area (Å²) < 4.78 is 0. The molecule has 0 aliphatic heterocycles. The van der Waals surface area contributed by atoms with E-state index in [4.69, 9.17) is 0 Å². The third-order valence-electron chi connectivity index (χ3n) is 8.57. The molecule has 1 N–H and O–H groups in total. The minimum Gasteiger partial charge on any atom is -0.481 e. The van der Waals surface area contributed by atoms with Crippen LogP contribution in [0.5, 0.6) is 0 Å². The summed E-state index contributed by atoms with van der Waals surface area (Å²) in [5, 5.41) is 18.8. The zero-order valence-electron chi connectivity index (χ0n) is 16.4. The maximum Gasteiger partial charge on any atom is 0.308 e. The van der Waals surface area contributed by atoms with Crippen LogP contribution in [0, 0.1) is 39.9 Å². The topological polar surface area (TPSA) is 78.2 Å². The number of fused-ring (bicyclic) bond motifs is 5. The van der Waals surface area contributed by atoms with Crippen LogP contribution in [-0.4, -0.2) is 16.9 Å². The van der Waals surface area contributed by atoms with Crippen molar-refractivity contribution in [3.05, 3.63) is 22.8 Å². The first-order valence-corrected chi connectivity index (χ1v) is 10.4. The number of carboxylic acids is 1. The van der Waals surface area contributed by atoms with Gasteiger partial charge in [-0.2, -0.15) is 5.26 Å². The lowest BCUT2D eigenvalue weighted by molar-refractivity contribution is -0.136. The minimum atomic E-state index is -0.911. The highest BCUT2D eigenvalue weighted by molar-refractivity contribution is 5.91. The second-order valence-electron chi connectivity index (χ2n) is 9.60. The Morgan fingerprint density at radius 1 is 1.15 bits per heavy atom. The molecule has 0 radical (unpaired) electrons. The number of rotatable bonds is 2. The van der Waals surface area contributed by atoms with E-state index < -0.39 is 5.97 Å². The summed E-state index contributed by atoms with van der Waals surface area (Å²) >= 11 is 0. The zero-order chi connectivity index (χ0) is 19.4. The molecule has 0 spiro atoms. The van der Waals surface area contributed by atoms with Crippen LogP contribution in [-0.2, 0) is 9.59 Å². The van der Waals surface area contributed by atoms with Gasteiger partial charge < -0.3 is 5.11 Å². The summed E-state index contributed by atoms with van der Waals surface area (Å²) in [4.78, 5) is 23.2. The Morgan fingerprint density at radius 2 is 1.89 bits per heavy atom. The number of hydrogen-bond acceptors (Lipinski definition) is 3. The number of carbonyl (C=O) groups excluding carboxylic acids is 1. The Labute approximate surface area is 161 Å². The highest BCUT2D eigenvalue weighted by Crippen LogP contribution is 2.66. The van der Waals surface area contributed by atoms with Crippen LogP contribution in [0.3, 0.4) is 0 Å². The van der Waals surface area contributed by atoms with Crippen LogP contribution in [0.2, 0.25) is 0 Å². The number of allylic oxidation sites excluding steroid dienone is 2. The first-order valence-electron chi connectivity index (χ1n) is 10.4. The lowest BCUT2D eigenvalue weighted by Gasteiger charge is -2.57. The SMILES string of the molecule is C[C@]12CCC(=O)C=C1CC[C@@H]1[C@@H]2CC[C@]2(C)C(=C(C#N)CC(=O)O)CC[C@@H]12. The Bertz CT molecular complexity index is 801. The van der Waals surface area contributed by atoms with E-state index in [9.17, 15) is 20.0 Å². The van der Waals surface area contributed by atoms with Crippen LogP contribution < -0.4 is 0 Å². The minimum absolute atomic E-state index is 0.0241. The summed E-state index contributed by atoms with van der Waals surface area (Å²) in [7, 11) is 0. The van der Waals surface area contributed by atoms with Gasteiger partial charge in [-0.3, -0.25) is 9.59 Å². The summed E-state index contributed by atoms with van der Waals surface area (Å²) in [6.45, 7) is 4.66. The molecule has 4 aliphatic carbocycles. The van der Waals surface area contributed by atoms with Crippen molar-refractivity contribution in [3.8, 4) is 6.07 Å². The fourth-order valence-corrected chi connectivity index (χ4v) is 7.23. The van der Waals surface area contributed by atoms with Gasteiger partial charge in [-0.1, -0.05) is 19.4 Å². The Hall–Kier alpha value is -1.89. The molecule has 0 aromatic carbocycles. The lowest BCUT2D eigenvalue weighted by Crippen LogP contribution is -2.49. The van der Waals surface area contributed by atoms with Crippen LogP contribution in [0.1, 0.15) is 71.6 Å². The number of aliphatic carboxylic acids is 1. The van der Waals surface area contributed by atoms with Gasteiger partial charge in [0, 0.05) is 12.0 Å². The van der Waals surface area contributed by atoms with Crippen molar-refractivity contribution >= 4 is 11.8 Å². The van der Waals surface area contributed by atoms with Crippen molar-refractivity contribution < 1.29 is 14.7 Å². The van der Waals surface area contributed by atoms with Crippen LogP contribution >= 0.6 is 0 Å². The number of nitrogens with zero attached hydrogens (tertiary/aromatic N) is 1. The van der Waals surface area contributed by atoms with E-state index in [-0.39, 0.29) is 17.3 Å². The molecular weight excluding hydrogens is 338 g/mol. The molecule has 4 rings (SSSR count). The molecule has 0 saturated heterocycles. The quantitative estimate of drug-likeness (QED) is 0.710. The van der Waals surface area contributed by atoms with Crippen LogP contribution in [0.4, 0.5) is 0 Å². The largest absolute Gasteiger partial charge is 0.481 e. The van der Waals surface area contributed by atoms with E-state index in [1.807, 2.05) is 6.08 Å². The Balaban J connectivity index is 1.68. The predicted molar refractivity (Wildman–Crippen MR) is 102 cm³/mol. The average molecular weight is 367 g/mol. The molecule has 5 atom stereocenters. The molecule has 0 aromatic heterocycles. The molecule has 4 nitrogen and oxygen atoms in total. The summed E-state index contributed by atoms with van der Waals surface area (Å²) in [6.07, 6.45) is 9.71. The maximum absolute atomic E-state index is 11.9. The van der Waals surface area contributed by atoms with Gasteiger partial charge in [0.15, 0.2) is 5.78 Å². The smallest absolute Gasteiger partial charge is 0.308 e. The van der Waals surface area contributed by atoms with E-state index in [1.165, 1.54) is 5.57 Å². The van der Waals surface area contributed by atoms with E-state index in [0.29, 0.717) is 35.5 Å². The molecule has 144 valence electrons. The molecule has 0 amide bonds. The summed E-state index contributed by atoms with van der Waals surface area (Å²) in [6, 6.07) is 2.22. The predicted octanol–water partition coefficient (Wildman–Crippen LogP) is 4.81. The molecule has 0 heterocycles. The Morgan fingerprint density at radius 3 is 2.59 bits per heavy atom. The molecule has 0 unspecified atom stereocenters. The fourth-order valence-electron chi connectivity index (χ4n) is 7.23. The number of hydrogen-bond donors (Lipinski definition) is 1. The second kappa shape index (κ2) is 6.33. The third kappa shape index (κ3) is 2.70. The van der Waals surface area contributed by atoms with Crippen LogP contribution in [0.25, 0.3) is 0 Å². The van der Waals surface area contributed by atoms with Crippen molar-refractivity contribution in [1.29, 1.82) is 5.26 Å². The normalized spacial score (nSPS) is 42.3. The van der Waals surface area contributed by atoms with Gasteiger partial charge in [0.05, 0.1) is 12.5 Å². The lowest BCUT2D eigenvalue weighted by atomic mass is 9.47. The fraction of sp³-hybridized carbons (Fsp3) is 0.696. The van der Waals surface area contributed by atoms with Gasteiger partial charge >= 0.3 is 5.97 Å². The van der Waals surface area contributed by atoms with Gasteiger partial charge in [-0.25, -0.2) is 0 Å². The van der Waals surface area contributed by atoms with Crippen molar-refractivity contribution in [3.63, 3.8) is 0 Å². The van der Waals surface area contributed by atoms with Gasteiger partial charge in [-0.15, -0.1) is 0 Å². The monoisotopic (exact) mass is 367 g/mol. The van der Waals surface area contributed by atoms with E-state index >= 15 is 0 Å². The number of carbonyl (C=O) groups is 2. The van der Waals surface area contributed by atoms with E-state index in [1.54, 1.807) is 0 Å². The van der Waals surface area contributed by atoms with Gasteiger partial charge in [-0.05, 0) is 85.2 Å². The molecule has 3 saturated carbocycles. The van der Waals surface area contributed by atoms with Crippen molar-refractivity contribution in [2.75, 3.05) is 0 Å². The maximum atomic E-state index is 11.9. The van der Waals surface area contributed by atoms with E-state index in [0.717, 1.165) is 50.5 Å². The molecule has 27 heavy (non-hydrogen) atoms. The van der Waals surface area contributed by atoms with Crippen molar-refractivity contribution in [2.24, 2.45) is 28.6 Å². The molecule has 0 aromatic rings. The first-order chi connectivity index (χ1) is 12.8. The molecule has 3 fully saturated rings. The number of carboxylic acid groups (broad SMARTS) is 1. The highest BCUT2D eigenvalue weighted by Gasteiger charge is 2.57. The van der Waals surface area contributed by atoms with Gasteiger partial charge in [0.2, 0.25) is 0 Å². The number of ketones is 1. The third-order valence-corrected chi connectivity index (χ3v) is 8.57. The van der Waals surface area contributed by atoms with Crippen LogP contribution in [0.15, 0.2) is 22.8 Å².